The van der Waals surface area contributed by atoms with Crippen molar-refractivity contribution in [2.24, 2.45) is 0 Å². The minimum absolute atomic E-state index is 0.0132. The molecule has 1 atom stereocenters. The highest BCUT2D eigenvalue weighted by Gasteiger charge is 2.31. The predicted molar refractivity (Wildman–Crippen MR) is 115 cm³/mol. The number of carboxylic acid groups (broad SMARTS) is 1. The molecule has 4 aromatic rings. The fourth-order valence-corrected chi connectivity index (χ4v) is 3.27. The van der Waals surface area contributed by atoms with Crippen LogP contribution in [0.5, 0.6) is 0 Å². The molecule has 0 saturated heterocycles. The zero-order valence-corrected chi connectivity index (χ0v) is 17.3. The summed E-state index contributed by atoms with van der Waals surface area (Å²) in [5.41, 5.74) is -0.0867. The number of benzene rings is 2. The van der Waals surface area contributed by atoms with Gasteiger partial charge in [0, 0.05) is 18.0 Å². The lowest BCUT2D eigenvalue weighted by molar-refractivity contribution is -0.137. The molecule has 2 N–H and O–H groups in total. The normalized spacial score (nSPS) is 12.4. The average Bonchev–Trinajstić information content (AvgIpc) is 3.25. The van der Waals surface area contributed by atoms with E-state index in [2.05, 4.69) is 20.3 Å². The van der Waals surface area contributed by atoms with Crippen LogP contribution in [0, 0.1) is 0 Å². The van der Waals surface area contributed by atoms with Crippen molar-refractivity contribution in [2.45, 2.75) is 19.1 Å². The number of alkyl halides is 3. The van der Waals surface area contributed by atoms with E-state index < -0.39 is 17.7 Å². The van der Waals surface area contributed by atoms with Gasteiger partial charge in [-0.1, -0.05) is 42.5 Å². The molecule has 168 valence electrons. The minimum atomic E-state index is -4.55. The van der Waals surface area contributed by atoms with E-state index >= 15 is 0 Å². The molecule has 0 aliphatic heterocycles. The molecular formula is C23H18F3N5O2. The summed E-state index contributed by atoms with van der Waals surface area (Å²) in [7, 11) is 0. The first-order valence-corrected chi connectivity index (χ1v) is 9.87. The van der Waals surface area contributed by atoms with E-state index in [0.29, 0.717) is 0 Å². The van der Waals surface area contributed by atoms with E-state index in [4.69, 9.17) is 0 Å². The Balaban J connectivity index is 1.74. The number of hydrogen-bond acceptors (Lipinski definition) is 5. The number of nitrogens with one attached hydrogen (secondary N) is 1. The summed E-state index contributed by atoms with van der Waals surface area (Å²) in [6.45, 7) is 1.93. The molecule has 4 rings (SSSR count). The Kier molecular flexibility index (Phi) is 5.82. The lowest BCUT2D eigenvalue weighted by Crippen LogP contribution is -2.11. The minimum Gasteiger partial charge on any atom is -0.476 e. The molecule has 33 heavy (non-hydrogen) atoms. The molecule has 0 bridgehead atoms. The zero-order chi connectivity index (χ0) is 23.6. The largest absolute Gasteiger partial charge is 0.476 e. The van der Waals surface area contributed by atoms with Gasteiger partial charge in [0.1, 0.15) is 11.6 Å². The maximum atomic E-state index is 13.2. The molecule has 0 radical (unpaired) electrons. The fraction of sp³-hybridized carbons (Fsp3) is 0.130. The molecule has 0 aliphatic rings. The summed E-state index contributed by atoms with van der Waals surface area (Å²) in [5, 5.41) is 12.6. The van der Waals surface area contributed by atoms with Crippen LogP contribution in [0.2, 0.25) is 0 Å². The number of halogens is 3. The SMILES string of the molecule is CC(Nc1nccc(-n2cc(C(=O)O)nc2-c2cccc(C(F)(F)F)c2)n1)c1ccccc1. The Morgan fingerprint density at radius 2 is 1.82 bits per heavy atom. The quantitative estimate of drug-likeness (QED) is 0.416. The molecule has 2 aromatic carbocycles. The number of rotatable bonds is 6. The second kappa shape index (κ2) is 8.73. The fourth-order valence-electron chi connectivity index (χ4n) is 3.27. The molecule has 0 fully saturated rings. The molecule has 0 aliphatic carbocycles. The van der Waals surface area contributed by atoms with Crippen molar-refractivity contribution in [1.82, 2.24) is 19.5 Å². The first kappa shape index (κ1) is 22.0. The smallest absolute Gasteiger partial charge is 0.416 e. The lowest BCUT2D eigenvalue weighted by atomic mass is 10.1. The van der Waals surface area contributed by atoms with E-state index in [1.165, 1.54) is 35.2 Å². The molecule has 0 amide bonds. The summed E-state index contributed by atoms with van der Waals surface area (Å²) >= 11 is 0. The van der Waals surface area contributed by atoms with Crippen molar-refractivity contribution < 1.29 is 23.1 Å². The number of hydrogen-bond donors (Lipinski definition) is 2. The summed E-state index contributed by atoms with van der Waals surface area (Å²) < 4.78 is 40.9. The zero-order valence-electron chi connectivity index (χ0n) is 17.3. The van der Waals surface area contributed by atoms with Crippen molar-refractivity contribution >= 4 is 11.9 Å². The Labute approximate surface area is 186 Å². The van der Waals surface area contributed by atoms with Gasteiger partial charge in [-0.15, -0.1) is 0 Å². The van der Waals surface area contributed by atoms with E-state index in [-0.39, 0.29) is 34.9 Å². The van der Waals surface area contributed by atoms with Crippen LogP contribution in [0.1, 0.15) is 34.6 Å². The number of imidazole rings is 1. The van der Waals surface area contributed by atoms with Crippen molar-refractivity contribution in [3.63, 3.8) is 0 Å². The van der Waals surface area contributed by atoms with Gasteiger partial charge in [-0.2, -0.15) is 18.2 Å². The highest BCUT2D eigenvalue weighted by Crippen LogP contribution is 2.32. The van der Waals surface area contributed by atoms with E-state index in [0.717, 1.165) is 17.7 Å². The first-order valence-electron chi connectivity index (χ1n) is 9.87. The van der Waals surface area contributed by atoms with E-state index in [1.54, 1.807) is 0 Å². The molecule has 1 unspecified atom stereocenters. The first-order chi connectivity index (χ1) is 15.7. The molecular weight excluding hydrogens is 435 g/mol. The van der Waals surface area contributed by atoms with Crippen LogP contribution in [0.15, 0.2) is 73.1 Å². The Morgan fingerprint density at radius 1 is 1.06 bits per heavy atom. The summed E-state index contributed by atoms with van der Waals surface area (Å²) in [6.07, 6.45) is -1.87. The van der Waals surface area contributed by atoms with Crippen LogP contribution in [0.3, 0.4) is 0 Å². The third kappa shape index (κ3) is 4.84. The summed E-state index contributed by atoms with van der Waals surface area (Å²) in [5.74, 6) is -0.782. The van der Waals surface area contributed by atoms with Gasteiger partial charge in [0.15, 0.2) is 5.69 Å². The Hall–Kier alpha value is -4.21. The van der Waals surface area contributed by atoms with Crippen molar-refractivity contribution in [3.8, 4) is 17.2 Å². The third-order valence-electron chi connectivity index (χ3n) is 4.91. The van der Waals surface area contributed by atoms with Gasteiger partial charge in [-0.3, -0.25) is 4.57 Å². The van der Waals surface area contributed by atoms with E-state index in [1.807, 2.05) is 37.3 Å². The van der Waals surface area contributed by atoms with Gasteiger partial charge >= 0.3 is 12.1 Å². The van der Waals surface area contributed by atoms with Crippen molar-refractivity contribution in [2.75, 3.05) is 5.32 Å². The van der Waals surface area contributed by atoms with Gasteiger partial charge in [0.05, 0.1) is 11.6 Å². The van der Waals surface area contributed by atoms with Gasteiger partial charge in [0.25, 0.3) is 0 Å². The second-order valence-electron chi connectivity index (χ2n) is 7.22. The predicted octanol–water partition coefficient (Wildman–Crippen LogP) is 5.22. The molecule has 0 saturated carbocycles. The molecule has 2 heterocycles. The monoisotopic (exact) mass is 453 g/mol. The highest BCUT2D eigenvalue weighted by atomic mass is 19.4. The number of aromatic carboxylic acids is 1. The van der Waals surface area contributed by atoms with Crippen molar-refractivity contribution in [1.29, 1.82) is 0 Å². The molecule has 0 spiro atoms. The Morgan fingerprint density at radius 3 is 2.52 bits per heavy atom. The van der Waals surface area contributed by atoms with E-state index in [9.17, 15) is 23.1 Å². The van der Waals surface area contributed by atoms with Gasteiger partial charge in [0.2, 0.25) is 5.95 Å². The summed E-state index contributed by atoms with van der Waals surface area (Å²) in [6, 6.07) is 15.5. The molecule has 10 heteroatoms. The van der Waals surface area contributed by atoms with Crippen molar-refractivity contribution in [3.05, 3.63) is 89.9 Å². The molecule has 7 nitrogen and oxygen atoms in total. The second-order valence-corrected chi connectivity index (χ2v) is 7.22. The summed E-state index contributed by atoms with van der Waals surface area (Å²) in [4.78, 5) is 24.2. The number of aromatic nitrogens is 4. The van der Waals surface area contributed by atoms with Gasteiger partial charge in [-0.25, -0.2) is 14.8 Å². The standard InChI is InChI=1S/C23H18F3N5O2/c1-14(15-6-3-2-4-7-15)28-22-27-11-10-19(30-22)31-13-18(21(32)33)29-20(31)16-8-5-9-17(12-16)23(24,25)26/h2-14H,1H3,(H,32,33)(H,27,28,30). The number of carbonyl (C=O) groups is 1. The van der Waals surface area contributed by atoms with Gasteiger partial charge in [-0.05, 0) is 30.7 Å². The van der Waals surface area contributed by atoms with Crippen LogP contribution in [-0.2, 0) is 6.18 Å². The number of anilines is 1. The van der Waals surface area contributed by atoms with Crippen LogP contribution in [0.25, 0.3) is 17.2 Å². The van der Waals surface area contributed by atoms with Crippen LogP contribution in [0.4, 0.5) is 19.1 Å². The van der Waals surface area contributed by atoms with Crippen LogP contribution < -0.4 is 5.32 Å². The average molecular weight is 453 g/mol. The Bertz CT molecular complexity index is 1290. The topological polar surface area (TPSA) is 92.9 Å². The van der Waals surface area contributed by atoms with Crippen LogP contribution >= 0.6 is 0 Å². The highest BCUT2D eigenvalue weighted by molar-refractivity contribution is 5.86. The maximum Gasteiger partial charge on any atom is 0.416 e. The number of carboxylic acids is 1. The lowest BCUT2D eigenvalue weighted by Gasteiger charge is -2.15. The maximum absolute atomic E-state index is 13.2. The van der Waals surface area contributed by atoms with Crippen LogP contribution in [-0.4, -0.2) is 30.6 Å². The number of nitrogens with zero attached hydrogens (tertiary/aromatic N) is 4. The molecule has 2 aromatic heterocycles. The van der Waals surface area contributed by atoms with Gasteiger partial charge < -0.3 is 10.4 Å². The third-order valence-corrected chi connectivity index (χ3v) is 4.91.